The number of anilines is 1. The number of aromatic nitrogens is 2. The Morgan fingerprint density at radius 2 is 2.00 bits per heavy atom. The SMILES string of the molecule is CCN1CCN(CC(=O)N[C@H](C)c2nnc(N)s2)CC1. The van der Waals surface area contributed by atoms with Gasteiger partial charge in [-0.1, -0.05) is 18.3 Å². The third kappa shape index (κ3) is 4.12. The Kier molecular flexibility index (Phi) is 5.27. The van der Waals surface area contributed by atoms with E-state index in [0.717, 1.165) is 37.7 Å². The number of nitrogens with one attached hydrogen (secondary N) is 1. The lowest BCUT2D eigenvalue weighted by Crippen LogP contribution is -2.49. The van der Waals surface area contributed by atoms with Crippen LogP contribution in [-0.4, -0.2) is 65.2 Å². The summed E-state index contributed by atoms with van der Waals surface area (Å²) in [6, 6.07) is -0.144. The summed E-state index contributed by atoms with van der Waals surface area (Å²) in [5.41, 5.74) is 5.54. The van der Waals surface area contributed by atoms with Gasteiger partial charge in [0.25, 0.3) is 0 Å². The van der Waals surface area contributed by atoms with Crippen LogP contribution < -0.4 is 11.1 Å². The van der Waals surface area contributed by atoms with E-state index in [9.17, 15) is 4.79 Å². The summed E-state index contributed by atoms with van der Waals surface area (Å²) in [5.74, 6) is 0.0243. The summed E-state index contributed by atoms with van der Waals surface area (Å²) in [5, 5.41) is 11.8. The van der Waals surface area contributed by atoms with Crippen molar-refractivity contribution < 1.29 is 4.79 Å². The second kappa shape index (κ2) is 6.96. The van der Waals surface area contributed by atoms with Crippen LogP contribution in [0.25, 0.3) is 0 Å². The van der Waals surface area contributed by atoms with Crippen molar-refractivity contribution >= 4 is 22.4 Å². The lowest BCUT2D eigenvalue weighted by Gasteiger charge is -2.33. The maximum atomic E-state index is 12.0. The number of amides is 1. The first-order valence-electron chi connectivity index (χ1n) is 6.91. The van der Waals surface area contributed by atoms with Crippen molar-refractivity contribution in [2.24, 2.45) is 0 Å². The number of hydrogen-bond acceptors (Lipinski definition) is 7. The molecule has 1 aromatic heterocycles. The van der Waals surface area contributed by atoms with Crippen LogP contribution in [-0.2, 0) is 4.79 Å². The number of nitrogens with zero attached hydrogens (tertiary/aromatic N) is 4. The molecule has 1 aliphatic heterocycles. The molecular weight excluding hydrogens is 276 g/mol. The van der Waals surface area contributed by atoms with Crippen LogP contribution in [0.4, 0.5) is 5.13 Å². The van der Waals surface area contributed by atoms with Gasteiger partial charge < -0.3 is 16.0 Å². The van der Waals surface area contributed by atoms with E-state index in [1.54, 1.807) is 0 Å². The van der Waals surface area contributed by atoms with E-state index in [2.05, 4.69) is 32.2 Å². The summed E-state index contributed by atoms with van der Waals surface area (Å²) >= 11 is 1.31. The number of carbonyl (C=O) groups excluding carboxylic acids is 1. The highest BCUT2D eigenvalue weighted by Crippen LogP contribution is 2.18. The van der Waals surface area contributed by atoms with Gasteiger partial charge in [0.2, 0.25) is 11.0 Å². The Morgan fingerprint density at radius 3 is 2.55 bits per heavy atom. The second-order valence-corrected chi connectivity index (χ2v) is 6.02. The van der Waals surface area contributed by atoms with E-state index in [1.807, 2.05) is 6.92 Å². The number of piperazine rings is 1. The Morgan fingerprint density at radius 1 is 1.35 bits per heavy atom. The van der Waals surface area contributed by atoms with Gasteiger partial charge in [0.1, 0.15) is 5.01 Å². The minimum Gasteiger partial charge on any atom is -0.374 e. The van der Waals surface area contributed by atoms with E-state index < -0.39 is 0 Å². The minimum absolute atomic E-state index is 0.0243. The Bertz CT molecular complexity index is 443. The molecule has 0 aromatic carbocycles. The molecule has 0 spiro atoms. The molecule has 1 aliphatic rings. The van der Waals surface area contributed by atoms with E-state index >= 15 is 0 Å². The summed E-state index contributed by atoms with van der Waals surface area (Å²) in [7, 11) is 0. The first kappa shape index (κ1) is 15.1. The number of nitrogen functional groups attached to an aromatic ring is 1. The molecule has 7 nitrogen and oxygen atoms in total. The summed E-state index contributed by atoms with van der Waals surface area (Å²) in [6.07, 6.45) is 0. The highest BCUT2D eigenvalue weighted by Gasteiger charge is 2.19. The van der Waals surface area contributed by atoms with Gasteiger partial charge in [-0.15, -0.1) is 10.2 Å². The molecule has 8 heteroatoms. The molecule has 1 aromatic rings. The Balaban J connectivity index is 1.75. The highest BCUT2D eigenvalue weighted by atomic mass is 32.1. The van der Waals surface area contributed by atoms with Crippen molar-refractivity contribution in [3.63, 3.8) is 0 Å². The molecule has 0 unspecified atom stereocenters. The number of nitrogens with two attached hydrogens (primary N) is 1. The lowest BCUT2D eigenvalue weighted by molar-refractivity contribution is -0.123. The molecular formula is C12H22N6OS. The number of carbonyl (C=O) groups is 1. The van der Waals surface area contributed by atoms with Crippen LogP contribution in [0.5, 0.6) is 0 Å². The molecule has 1 amide bonds. The van der Waals surface area contributed by atoms with E-state index in [0.29, 0.717) is 11.7 Å². The molecule has 112 valence electrons. The zero-order valence-corrected chi connectivity index (χ0v) is 12.8. The third-order valence-corrected chi connectivity index (χ3v) is 4.42. The van der Waals surface area contributed by atoms with Crippen molar-refractivity contribution in [2.75, 3.05) is 45.0 Å². The smallest absolute Gasteiger partial charge is 0.234 e. The molecule has 0 aliphatic carbocycles. The van der Waals surface area contributed by atoms with Crippen molar-refractivity contribution in [3.05, 3.63) is 5.01 Å². The fourth-order valence-electron chi connectivity index (χ4n) is 2.24. The normalized spacial score (nSPS) is 18.9. The van der Waals surface area contributed by atoms with Crippen LogP contribution in [0.1, 0.15) is 24.9 Å². The Labute approximate surface area is 123 Å². The van der Waals surface area contributed by atoms with E-state index in [4.69, 9.17) is 5.73 Å². The average molecular weight is 298 g/mol. The highest BCUT2D eigenvalue weighted by molar-refractivity contribution is 7.15. The van der Waals surface area contributed by atoms with Gasteiger partial charge >= 0.3 is 0 Å². The quantitative estimate of drug-likeness (QED) is 0.791. The second-order valence-electron chi connectivity index (χ2n) is 4.98. The molecule has 0 saturated carbocycles. The fourth-order valence-corrected chi connectivity index (χ4v) is 2.85. The van der Waals surface area contributed by atoms with Gasteiger partial charge in [-0.2, -0.15) is 0 Å². The maximum absolute atomic E-state index is 12.0. The van der Waals surface area contributed by atoms with Crippen molar-refractivity contribution in [1.29, 1.82) is 0 Å². The average Bonchev–Trinajstić information content (AvgIpc) is 2.86. The third-order valence-electron chi connectivity index (χ3n) is 3.48. The Hall–Kier alpha value is -1.25. The van der Waals surface area contributed by atoms with Gasteiger partial charge in [0, 0.05) is 26.2 Å². The summed E-state index contributed by atoms with van der Waals surface area (Å²) < 4.78 is 0. The molecule has 3 N–H and O–H groups in total. The van der Waals surface area contributed by atoms with E-state index in [1.165, 1.54) is 11.3 Å². The van der Waals surface area contributed by atoms with Crippen molar-refractivity contribution in [3.8, 4) is 0 Å². The topological polar surface area (TPSA) is 87.4 Å². The summed E-state index contributed by atoms with van der Waals surface area (Å²) in [4.78, 5) is 16.6. The van der Waals surface area contributed by atoms with Crippen LogP contribution in [0, 0.1) is 0 Å². The van der Waals surface area contributed by atoms with Gasteiger partial charge in [-0.25, -0.2) is 0 Å². The largest absolute Gasteiger partial charge is 0.374 e. The molecule has 20 heavy (non-hydrogen) atoms. The van der Waals surface area contributed by atoms with Gasteiger partial charge in [0.05, 0.1) is 12.6 Å². The van der Waals surface area contributed by atoms with Gasteiger partial charge in [-0.05, 0) is 13.5 Å². The standard InChI is InChI=1S/C12H22N6OS/c1-3-17-4-6-18(7-5-17)8-10(19)14-9(2)11-15-16-12(13)20-11/h9H,3-8H2,1-2H3,(H2,13,16)(H,14,19)/t9-/m1/s1. The zero-order chi connectivity index (χ0) is 14.5. The van der Waals surface area contributed by atoms with Crippen molar-refractivity contribution in [1.82, 2.24) is 25.3 Å². The van der Waals surface area contributed by atoms with Gasteiger partial charge in [0.15, 0.2) is 0 Å². The maximum Gasteiger partial charge on any atom is 0.234 e. The molecule has 0 radical (unpaired) electrons. The molecule has 2 heterocycles. The molecule has 0 bridgehead atoms. The van der Waals surface area contributed by atoms with E-state index in [-0.39, 0.29) is 11.9 Å². The predicted molar refractivity (Wildman–Crippen MR) is 79.4 cm³/mol. The van der Waals surface area contributed by atoms with Crippen LogP contribution >= 0.6 is 11.3 Å². The van der Waals surface area contributed by atoms with Crippen LogP contribution in [0.15, 0.2) is 0 Å². The number of rotatable bonds is 5. The van der Waals surface area contributed by atoms with Crippen LogP contribution in [0.2, 0.25) is 0 Å². The summed E-state index contributed by atoms with van der Waals surface area (Å²) in [6.45, 7) is 9.54. The zero-order valence-electron chi connectivity index (χ0n) is 12.0. The monoisotopic (exact) mass is 298 g/mol. The first-order chi connectivity index (χ1) is 9.58. The molecule has 1 atom stereocenters. The first-order valence-corrected chi connectivity index (χ1v) is 7.73. The number of hydrogen-bond donors (Lipinski definition) is 2. The lowest BCUT2D eigenvalue weighted by atomic mass is 10.3. The predicted octanol–water partition coefficient (Wildman–Crippen LogP) is -0.0650. The molecule has 1 fully saturated rings. The van der Waals surface area contributed by atoms with Crippen LogP contribution in [0.3, 0.4) is 0 Å². The number of likely N-dealkylation sites (N-methyl/N-ethyl adjacent to an activating group) is 1. The van der Waals surface area contributed by atoms with Gasteiger partial charge in [-0.3, -0.25) is 9.69 Å². The minimum atomic E-state index is -0.144. The molecule has 1 saturated heterocycles. The van der Waals surface area contributed by atoms with Crippen molar-refractivity contribution in [2.45, 2.75) is 19.9 Å². The molecule has 2 rings (SSSR count). The fraction of sp³-hybridized carbons (Fsp3) is 0.750.